The van der Waals surface area contributed by atoms with Crippen LogP contribution in [0.2, 0.25) is 0 Å². The maximum absolute atomic E-state index is 5.98. The van der Waals surface area contributed by atoms with E-state index in [0.29, 0.717) is 26.3 Å². The van der Waals surface area contributed by atoms with Crippen LogP contribution in [0.25, 0.3) is 11.1 Å². The second kappa shape index (κ2) is 11.1. The molecule has 0 atom stereocenters. The molecule has 0 saturated heterocycles. The molecule has 0 saturated carbocycles. The van der Waals surface area contributed by atoms with Gasteiger partial charge in [-0.25, -0.2) is 0 Å². The lowest BCUT2D eigenvalue weighted by atomic mass is 10.1. The zero-order chi connectivity index (χ0) is 17.7. The van der Waals surface area contributed by atoms with Crippen LogP contribution in [0.1, 0.15) is 6.92 Å². The third-order valence-corrected chi connectivity index (χ3v) is 3.53. The summed E-state index contributed by atoms with van der Waals surface area (Å²) in [5.74, 6) is 1.66. The summed E-state index contributed by atoms with van der Waals surface area (Å²) >= 11 is 0. The Labute approximate surface area is 150 Å². The number of nitrogens with zero attached hydrogens (tertiary/aromatic N) is 1. The van der Waals surface area contributed by atoms with Gasteiger partial charge >= 0.3 is 0 Å². The highest BCUT2D eigenvalue weighted by atomic mass is 16.5. The fraction of sp³-hybridized carbons (Fsp3) is 0.350. The third kappa shape index (κ3) is 6.47. The summed E-state index contributed by atoms with van der Waals surface area (Å²) in [6.45, 7) is 5.32. The van der Waals surface area contributed by atoms with Gasteiger partial charge in [-0.15, -0.1) is 0 Å². The molecule has 0 unspecified atom stereocenters. The van der Waals surface area contributed by atoms with Crippen molar-refractivity contribution in [1.82, 2.24) is 10.6 Å². The average molecular weight is 341 g/mol. The van der Waals surface area contributed by atoms with Crippen LogP contribution in [-0.4, -0.2) is 45.9 Å². The lowest BCUT2D eigenvalue weighted by molar-refractivity contribution is 0.208. The van der Waals surface area contributed by atoms with E-state index in [0.717, 1.165) is 29.4 Å². The second-order valence-electron chi connectivity index (χ2n) is 5.39. The van der Waals surface area contributed by atoms with Gasteiger partial charge in [-0.1, -0.05) is 48.5 Å². The van der Waals surface area contributed by atoms with Gasteiger partial charge in [0.05, 0.1) is 19.7 Å². The number of methoxy groups -OCH3 is 1. The van der Waals surface area contributed by atoms with E-state index in [9.17, 15) is 0 Å². The van der Waals surface area contributed by atoms with Crippen LogP contribution in [0.15, 0.2) is 59.6 Å². The monoisotopic (exact) mass is 341 g/mol. The van der Waals surface area contributed by atoms with E-state index >= 15 is 0 Å². The van der Waals surface area contributed by atoms with Crippen molar-refractivity contribution in [2.24, 2.45) is 4.99 Å². The minimum absolute atomic E-state index is 0.554. The van der Waals surface area contributed by atoms with Crippen LogP contribution in [0.5, 0.6) is 5.75 Å². The first-order valence-corrected chi connectivity index (χ1v) is 8.63. The van der Waals surface area contributed by atoms with Gasteiger partial charge < -0.3 is 20.1 Å². The molecular weight excluding hydrogens is 314 g/mol. The summed E-state index contributed by atoms with van der Waals surface area (Å²) in [5, 5.41) is 6.47. The van der Waals surface area contributed by atoms with Crippen LogP contribution in [-0.2, 0) is 4.74 Å². The van der Waals surface area contributed by atoms with Crippen molar-refractivity contribution in [3.63, 3.8) is 0 Å². The smallest absolute Gasteiger partial charge is 0.191 e. The Morgan fingerprint density at radius 2 is 1.72 bits per heavy atom. The van der Waals surface area contributed by atoms with Crippen LogP contribution in [0.3, 0.4) is 0 Å². The molecule has 0 bridgehead atoms. The molecule has 5 nitrogen and oxygen atoms in total. The molecule has 0 radical (unpaired) electrons. The summed E-state index contributed by atoms with van der Waals surface area (Å²) in [6, 6.07) is 18.4. The number of para-hydroxylation sites is 1. The van der Waals surface area contributed by atoms with E-state index < -0.39 is 0 Å². The van der Waals surface area contributed by atoms with Gasteiger partial charge in [0.2, 0.25) is 0 Å². The fourth-order valence-electron chi connectivity index (χ4n) is 2.37. The van der Waals surface area contributed by atoms with Crippen LogP contribution < -0.4 is 15.4 Å². The van der Waals surface area contributed by atoms with Crippen LogP contribution in [0.4, 0.5) is 0 Å². The van der Waals surface area contributed by atoms with Crippen molar-refractivity contribution < 1.29 is 9.47 Å². The summed E-state index contributed by atoms with van der Waals surface area (Å²) in [5.41, 5.74) is 2.25. The topological polar surface area (TPSA) is 54.9 Å². The molecule has 0 aliphatic carbocycles. The Kier molecular flexibility index (Phi) is 8.35. The van der Waals surface area contributed by atoms with Gasteiger partial charge in [-0.2, -0.15) is 0 Å². The van der Waals surface area contributed by atoms with Gasteiger partial charge in [-0.05, 0) is 18.6 Å². The Morgan fingerprint density at radius 3 is 2.48 bits per heavy atom. The molecular formula is C20H27N3O2. The Bertz CT molecular complexity index is 644. The largest absolute Gasteiger partial charge is 0.491 e. The lowest BCUT2D eigenvalue weighted by Gasteiger charge is -2.14. The van der Waals surface area contributed by atoms with E-state index in [2.05, 4.69) is 33.8 Å². The normalized spacial score (nSPS) is 11.2. The van der Waals surface area contributed by atoms with E-state index in [1.807, 2.05) is 43.3 Å². The van der Waals surface area contributed by atoms with Crippen molar-refractivity contribution in [2.75, 3.05) is 40.0 Å². The third-order valence-electron chi connectivity index (χ3n) is 3.53. The van der Waals surface area contributed by atoms with Crippen molar-refractivity contribution in [1.29, 1.82) is 0 Å². The lowest BCUT2D eigenvalue weighted by Crippen LogP contribution is -2.39. The molecule has 0 amide bonds. The second-order valence-corrected chi connectivity index (χ2v) is 5.39. The van der Waals surface area contributed by atoms with Gasteiger partial charge in [0.1, 0.15) is 12.4 Å². The predicted octanol–water partition coefficient (Wildman–Crippen LogP) is 2.93. The van der Waals surface area contributed by atoms with Gasteiger partial charge in [-0.3, -0.25) is 4.99 Å². The fourth-order valence-corrected chi connectivity index (χ4v) is 2.37. The molecule has 25 heavy (non-hydrogen) atoms. The highest BCUT2D eigenvalue weighted by Gasteiger charge is 2.05. The molecule has 0 aliphatic rings. The van der Waals surface area contributed by atoms with E-state index in [1.165, 1.54) is 0 Å². The van der Waals surface area contributed by atoms with Gasteiger partial charge in [0, 0.05) is 19.2 Å². The van der Waals surface area contributed by atoms with Gasteiger partial charge in [0.25, 0.3) is 0 Å². The molecule has 2 aromatic carbocycles. The summed E-state index contributed by atoms with van der Waals surface area (Å²) in [4.78, 5) is 4.43. The maximum Gasteiger partial charge on any atom is 0.191 e. The molecule has 0 aliphatic heterocycles. The summed E-state index contributed by atoms with van der Waals surface area (Å²) in [7, 11) is 1.67. The van der Waals surface area contributed by atoms with Crippen LogP contribution in [0, 0.1) is 0 Å². The first kappa shape index (κ1) is 18.8. The molecule has 0 heterocycles. The van der Waals surface area contributed by atoms with Crippen molar-refractivity contribution in [2.45, 2.75) is 6.92 Å². The Morgan fingerprint density at radius 1 is 0.960 bits per heavy atom. The Balaban J connectivity index is 1.88. The van der Waals surface area contributed by atoms with E-state index in [-0.39, 0.29) is 0 Å². The quantitative estimate of drug-likeness (QED) is 0.418. The zero-order valence-corrected chi connectivity index (χ0v) is 15.0. The predicted molar refractivity (Wildman–Crippen MR) is 103 cm³/mol. The number of nitrogens with one attached hydrogen (secondary N) is 2. The minimum atomic E-state index is 0.554. The summed E-state index contributed by atoms with van der Waals surface area (Å²) < 4.78 is 11.0. The molecule has 0 aromatic heterocycles. The van der Waals surface area contributed by atoms with Crippen molar-refractivity contribution >= 4 is 5.96 Å². The molecule has 5 heteroatoms. The van der Waals surface area contributed by atoms with Crippen molar-refractivity contribution in [3.8, 4) is 16.9 Å². The van der Waals surface area contributed by atoms with E-state index in [4.69, 9.17) is 9.47 Å². The van der Waals surface area contributed by atoms with Crippen LogP contribution >= 0.6 is 0 Å². The first-order valence-electron chi connectivity index (χ1n) is 8.63. The summed E-state index contributed by atoms with van der Waals surface area (Å²) in [6.07, 6.45) is 0. The number of hydrogen-bond donors (Lipinski definition) is 2. The number of benzene rings is 2. The molecule has 0 spiro atoms. The standard InChI is InChI=1S/C20H27N3O2/c1-3-21-20(22-13-15-24-2)23-14-16-25-19-12-8-7-11-18(19)17-9-5-4-6-10-17/h4-12H,3,13-16H2,1-2H3,(H2,21,22,23). The molecule has 2 N–H and O–H groups in total. The highest BCUT2D eigenvalue weighted by Crippen LogP contribution is 2.29. The molecule has 134 valence electrons. The number of aliphatic imine (C=N–C) groups is 1. The molecule has 2 aromatic rings. The van der Waals surface area contributed by atoms with E-state index in [1.54, 1.807) is 7.11 Å². The van der Waals surface area contributed by atoms with Crippen molar-refractivity contribution in [3.05, 3.63) is 54.6 Å². The molecule has 0 fully saturated rings. The minimum Gasteiger partial charge on any atom is -0.491 e. The average Bonchev–Trinajstić information content (AvgIpc) is 2.66. The number of hydrogen-bond acceptors (Lipinski definition) is 3. The zero-order valence-electron chi connectivity index (χ0n) is 15.0. The first-order chi connectivity index (χ1) is 12.3. The number of guanidine groups is 1. The maximum atomic E-state index is 5.98. The SMILES string of the molecule is CCNC(=NCCOC)NCCOc1ccccc1-c1ccccc1. The van der Waals surface area contributed by atoms with Gasteiger partial charge in [0.15, 0.2) is 5.96 Å². The number of rotatable bonds is 9. The molecule has 2 rings (SSSR count). The Hall–Kier alpha value is -2.53. The highest BCUT2D eigenvalue weighted by molar-refractivity contribution is 5.79. The number of ether oxygens (including phenoxy) is 2.